The molecule has 0 radical (unpaired) electrons. The normalized spacial score (nSPS) is 16.0. The van der Waals surface area contributed by atoms with Crippen LogP contribution in [0.3, 0.4) is 0 Å². The topological polar surface area (TPSA) is 38.9 Å². The summed E-state index contributed by atoms with van der Waals surface area (Å²) in [6, 6.07) is 12.8. The lowest BCUT2D eigenvalue weighted by Gasteiger charge is -2.16. The number of fused-ring (bicyclic) bond motifs is 4. The molecule has 0 saturated carbocycles. The van der Waals surface area contributed by atoms with Crippen molar-refractivity contribution in [3.63, 3.8) is 0 Å². The van der Waals surface area contributed by atoms with Crippen molar-refractivity contribution >= 4 is 43.5 Å². The van der Waals surface area contributed by atoms with Crippen molar-refractivity contribution in [1.82, 2.24) is 9.97 Å². The van der Waals surface area contributed by atoms with Crippen LogP contribution in [0.4, 0.5) is 0 Å². The fourth-order valence-electron chi connectivity index (χ4n) is 3.40. The maximum absolute atomic E-state index is 8.59. The summed E-state index contributed by atoms with van der Waals surface area (Å²) in [6.07, 6.45) is 0.297. The Morgan fingerprint density at radius 1 is 1.14 bits per heavy atom. The zero-order chi connectivity index (χ0) is 23.8. The number of aryl methyl sites for hydroxylation is 1. The van der Waals surface area contributed by atoms with Crippen LogP contribution in [0.2, 0.25) is 0 Å². The van der Waals surface area contributed by atoms with Gasteiger partial charge in [-0.1, -0.05) is 32.9 Å². The van der Waals surface area contributed by atoms with Gasteiger partial charge in [0, 0.05) is 40.0 Å². The van der Waals surface area contributed by atoms with Gasteiger partial charge in [-0.2, -0.15) is 0 Å². The van der Waals surface area contributed by atoms with Crippen molar-refractivity contribution in [2.24, 2.45) is 5.41 Å². The van der Waals surface area contributed by atoms with Crippen LogP contribution in [0.25, 0.3) is 43.4 Å². The number of thiophene rings is 1. The minimum Gasteiger partial charge on any atom is -0.437 e. The Kier molecular flexibility index (Phi) is 2.78. The number of hydrogen-bond acceptors (Lipinski definition) is 4. The van der Waals surface area contributed by atoms with Gasteiger partial charge in [0.15, 0.2) is 0 Å². The minimum atomic E-state index is -2.31. The quantitative estimate of drug-likeness (QED) is 0.320. The van der Waals surface area contributed by atoms with Gasteiger partial charge in [-0.15, -0.1) is 11.3 Å². The van der Waals surface area contributed by atoms with E-state index in [0.717, 1.165) is 26.4 Å². The molecule has 0 aliphatic rings. The van der Waals surface area contributed by atoms with Crippen LogP contribution in [0.15, 0.2) is 53.1 Å². The molecule has 4 heteroatoms. The zero-order valence-corrected chi connectivity index (χ0v) is 16.6. The first-order valence-corrected chi connectivity index (χ1v) is 9.91. The van der Waals surface area contributed by atoms with Crippen LogP contribution in [0, 0.1) is 12.3 Å². The predicted octanol–water partition coefficient (Wildman–Crippen LogP) is 7.15. The van der Waals surface area contributed by atoms with E-state index in [-0.39, 0.29) is 11.4 Å². The van der Waals surface area contributed by atoms with E-state index in [1.165, 1.54) is 17.4 Å². The monoisotopic (exact) mass is 391 g/mol. The molecule has 4 heterocycles. The van der Waals surface area contributed by atoms with Gasteiger partial charge in [0.1, 0.15) is 5.58 Å². The number of hydrogen-bond donors (Lipinski definition) is 0. The number of aromatic nitrogens is 2. The lowest BCUT2D eigenvalue weighted by atomic mass is 9.91. The summed E-state index contributed by atoms with van der Waals surface area (Å²) < 4.78 is 47.0. The third kappa shape index (κ3) is 2.98. The van der Waals surface area contributed by atoms with Crippen LogP contribution in [-0.2, 0) is 6.37 Å². The molecule has 0 atom stereocenters. The fourth-order valence-corrected chi connectivity index (χ4v) is 4.53. The largest absolute Gasteiger partial charge is 0.437 e. The molecule has 140 valence electrons. The summed E-state index contributed by atoms with van der Waals surface area (Å²) in [7, 11) is 0. The van der Waals surface area contributed by atoms with Gasteiger partial charge >= 0.3 is 0 Å². The van der Waals surface area contributed by atoms with Crippen LogP contribution in [0.5, 0.6) is 0 Å². The molecule has 0 bridgehead atoms. The van der Waals surface area contributed by atoms with Crippen molar-refractivity contribution in [3.05, 3.63) is 59.2 Å². The van der Waals surface area contributed by atoms with Crippen LogP contribution in [0.1, 0.15) is 38.2 Å². The first-order chi connectivity index (χ1) is 15.4. The standard InChI is InChI=1S/C24H22N2OS/c1-14-8-9-18-17-6-5-7-19(22(17)27-23(18)26-14)20-11-15-10-16(12-24(2,3)4)28-21(15)13-25-20/h5-11,13H,12H2,1-4H3/i1D3,12D2. The van der Waals surface area contributed by atoms with E-state index in [1.807, 2.05) is 51.1 Å². The highest BCUT2D eigenvalue weighted by Gasteiger charge is 2.16. The second kappa shape index (κ2) is 6.14. The molecular weight excluding hydrogens is 364 g/mol. The van der Waals surface area contributed by atoms with Crippen molar-refractivity contribution in [2.45, 2.75) is 34.0 Å². The summed E-state index contributed by atoms with van der Waals surface area (Å²) in [5.41, 5.74) is 1.80. The van der Waals surface area contributed by atoms with Gasteiger partial charge < -0.3 is 4.42 Å². The Labute approximate surface area is 175 Å². The van der Waals surface area contributed by atoms with Gasteiger partial charge in [0.05, 0.1) is 10.4 Å². The first-order valence-electron chi connectivity index (χ1n) is 11.6. The maximum Gasteiger partial charge on any atom is 0.227 e. The highest BCUT2D eigenvalue weighted by Crippen LogP contribution is 2.37. The molecule has 0 saturated heterocycles. The molecule has 0 fully saturated rings. The van der Waals surface area contributed by atoms with E-state index in [1.54, 1.807) is 12.3 Å². The van der Waals surface area contributed by atoms with Crippen molar-refractivity contribution < 1.29 is 11.3 Å². The van der Waals surface area contributed by atoms with Crippen LogP contribution >= 0.6 is 11.3 Å². The number of benzene rings is 1. The van der Waals surface area contributed by atoms with E-state index in [0.29, 0.717) is 16.2 Å². The van der Waals surface area contributed by atoms with Gasteiger partial charge in [0.25, 0.3) is 0 Å². The summed E-state index contributed by atoms with van der Waals surface area (Å²) in [5.74, 6) is 0. The van der Waals surface area contributed by atoms with E-state index in [9.17, 15) is 0 Å². The molecule has 0 spiro atoms. The van der Waals surface area contributed by atoms with Crippen LogP contribution in [-0.4, -0.2) is 9.97 Å². The average molecular weight is 392 g/mol. The average Bonchev–Trinajstić information content (AvgIpc) is 3.32. The third-order valence-electron chi connectivity index (χ3n) is 4.54. The van der Waals surface area contributed by atoms with E-state index >= 15 is 0 Å². The van der Waals surface area contributed by atoms with Crippen LogP contribution < -0.4 is 0 Å². The van der Waals surface area contributed by atoms with Gasteiger partial charge in [-0.25, -0.2) is 4.98 Å². The Hall–Kier alpha value is -2.72. The van der Waals surface area contributed by atoms with Crippen molar-refractivity contribution in [3.8, 4) is 11.3 Å². The van der Waals surface area contributed by atoms with Crippen molar-refractivity contribution in [1.29, 1.82) is 0 Å². The Morgan fingerprint density at radius 2 is 2.04 bits per heavy atom. The molecule has 5 rings (SSSR count). The summed E-state index contributed by atoms with van der Waals surface area (Å²) >= 11 is 1.42. The summed E-state index contributed by atoms with van der Waals surface area (Å²) in [6.45, 7) is 3.39. The smallest absolute Gasteiger partial charge is 0.227 e. The lowest BCUT2D eigenvalue weighted by Crippen LogP contribution is -2.07. The molecule has 0 unspecified atom stereocenters. The molecule has 0 aliphatic carbocycles. The number of pyridine rings is 2. The van der Waals surface area contributed by atoms with Gasteiger partial charge in [-0.3, -0.25) is 4.98 Å². The minimum absolute atomic E-state index is 0.00549. The summed E-state index contributed by atoms with van der Waals surface area (Å²) in [4.78, 5) is 9.53. The van der Waals surface area contributed by atoms with Crippen molar-refractivity contribution in [2.75, 3.05) is 0 Å². The summed E-state index contributed by atoms with van der Waals surface area (Å²) in [5, 5.41) is 2.50. The highest BCUT2D eigenvalue weighted by molar-refractivity contribution is 7.19. The van der Waals surface area contributed by atoms with E-state index < -0.39 is 18.6 Å². The fraction of sp³-hybridized carbons (Fsp3) is 0.250. The molecule has 5 aromatic rings. The van der Waals surface area contributed by atoms with E-state index in [4.69, 9.17) is 11.3 Å². The Morgan fingerprint density at radius 3 is 2.86 bits per heavy atom. The number of para-hydroxylation sites is 1. The number of nitrogens with zero attached hydrogens (tertiary/aromatic N) is 2. The lowest BCUT2D eigenvalue weighted by molar-refractivity contribution is 0.415. The second-order valence-corrected chi connectivity index (χ2v) is 9.01. The molecule has 28 heavy (non-hydrogen) atoms. The molecular formula is C24H22N2OS. The predicted molar refractivity (Wildman–Crippen MR) is 118 cm³/mol. The molecule has 0 N–H and O–H groups in total. The Balaban J connectivity index is 1.66. The highest BCUT2D eigenvalue weighted by atomic mass is 32.1. The Bertz CT molecular complexity index is 1530. The van der Waals surface area contributed by atoms with Gasteiger partial charge in [0.2, 0.25) is 5.71 Å². The number of furan rings is 1. The third-order valence-corrected chi connectivity index (χ3v) is 5.54. The molecule has 4 aromatic heterocycles. The SMILES string of the molecule is [2H]C([2H])([2H])c1ccc2c(n1)oc1c(-c3cc4cc(C([2H])([2H])C(C)(C)C)sc4cn3)cccc12. The molecule has 0 aliphatic heterocycles. The first kappa shape index (κ1) is 12.7. The maximum atomic E-state index is 8.59. The van der Waals surface area contributed by atoms with Gasteiger partial charge in [-0.05, 0) is 54.4 Å². The zero-order valence-electron chi connectivity index (χ0n) is 20.8. The molecule has 3 nitrogen and oxygen atoms in total. The second-order valence-electron chi connectivity index (χ2n) is 7.93. The number of rotatable bonds is 2. The molecule has 1 aromatic carbocycles. The molecule has 0 amide bonds. The van der Waals surface area contributed by atoms with E-state index in [2.05, 4.69) is 9.97 Å².